The van der Waals surface area contributed by atoms with Crippen LogP contribution in [0.4, 0.5) is 0 Å². The molecule has 0 aromatic rings. The lowest BCUT2D eigenvalue weighted by Crippen LogP contribution is -2.37. The van der Waals surface area contributed by atoms with E-state index >= 15 is 0 Å². The predicted molar refractivity (Wildman–Crippen MR) is 161 cm³/mol. The third-order valence-corrected chi connectivity index (χ3v) is 7.11. The van der Waals surface area contributed by atoms with Crippen molar-refractivity contribution >= 4 is 7.82 Å². The Balaban J connectivity index is 0. The molecule has 0 amide bonds. The van der Waals surface area contributed by atoms with Crippen molar-refractivity contribution < 1.29 is 33.6 Å². The van der Waals surface area contributed by atoms with Gasteiger partial charge in [-0.15, -0.1) is 0 Å². The zero-order valence-electron chi connectivity index (χ0n) is 25.7. The zero-order chi connectivity index (χ0) is 29.1. The van der Waals surface area contributed by atoms with E-state index < -0.39 is 20.0 Å². The Morgan fingerprint density at radius 2 is 1.11 bits per heavy atom. The SMILES string of the molecule is CCCCCCCCC=CCCCCCCCCCCCCC(O)C(C)O.C[N+](C)(C)CCOP(=O)(O)O. The molecule has 2 atom stereocenters. The number of aliphatic hydroxyl groups is 2. The summed E-state index contributed by atoms with van der Waals surface area (Å²) in [4.78, 5) is 16.6. The Morgan fingerprint density at radius 3 is 1.47 bits per heavy atom. The summed E-state index contributed by atoms with van der Waals surface area (Å²) >= 11 is 0. The van der Waals surface area contributed by atoms with Crippen molar-refractivity contribution in [3.63, 3.8) is 0 Å². The number of hydrogen-bond acceptors (Lipinski definition) is 4. The second kappa shape index (κ2) is 26.9. The highest BCUT2D eigenvalue weighted by molar-refractivity contribution is 7.46. The molecule has 4 N–H and O–H groups in total. The van der Waals surface area contributed by atoms with E-state index in [-0.39, 0.29) is 6.61 Å². The summed E-state index contributed by atoms with van der Waals surface area (Å²) in [7, 11) is 1.50. The van der Waals surface area contributed by atoms with Gasteiger partial charge >= 0.3 is 7.82 Å². The molecule has 8 heteroatoms. The summed E-state index contributed by atoms with van der Waals surface area (Å²) in [6.07, 6.45) is 28.5. The molecule has 0 saturated heterocycles. The first-order valence-corrected chi connectivity index (χ1v) is 16.9. The van der Waals surface area contributed by atoms with Crippen LogP contribution < -0.4 is 0 Å². The molecule has 0 saturated carbocycles. The summed E-state index contributed by atoms with van der Waals surface area (Å²) in [5, 5.41) is 18.7. The fraction of sp³-hybridized carbons (Fsp3) is 0.933. The minimum absolute atomic E-state index is 0.0772. The molecule has 0 aliphatic heterocycles. The van der Waals surface area contributed by atoms with Crippen LogP contribution >= 0.6 is 7.82 Å². The number of phosphoric ester groups is 1. The average molecular weight is 567 g/mol. The van der Waals surface area contributed by atoms with E-state index in [1.165, 1.54) is 109 Å². The molecule has 0 aromatic heterocycles. The van der Waals surface area contributed by atoms with Crippen LogP contribution in [0.2, 0.25) is 0 Å². The highest BCUT2D eigenvalue weighted by Gasteiger charge is 2.16. The lowest BCUT2D eigenvalue weighted by molar-refractivity contribution is -0.870. The quantitative estimate of drug-likeness (QED) is 0.0394. The van der Waals surface area contributed by atoms with E-state index in [0.717, 1.165) is 12.8 Å². The maximum Gasteiger partial charge on any atom is 0.469 e. The molecular formula is C30H65NO6P+. The van der Waals surface area contributed by atoms with Crippen LogP contribution in [0.25, 0.3) is 0 Å². The van der Waals surface area contributed by atoms with Gasteiger partial charge in [-0.05, 0) is 39.0 Å². The molecule has 230 valence electrons. The molecule has 0 heterocycles. The van der Waals surface area contributed by atoms with E-state index in [9.17, 15) is 14.8 Å². The standard InChI is InChI=1S/C25H50O2.C5H14NO4P/c1-3-4-5-6-7-8-9-10-11-12-13-14-15-16-17-18-19-20-21-22-23-25(27)24(2)26;1-6(2,3)4-5-10-11(7,8)9/h10-11,24-27H,3-9,12-23H2,1-2H3;4-5H2,1-3H3,(H-,7,8,9)/p+1. The monoisotopic (exact) mass is 566 g/mol. The first-order chi connectivity index (χ1) is 17.9. The lowest BCUT2D eigenvalue weighted by atomic mass is 10.0. The largest absolute Gasteiger partial charge is 0.469 e. The zero-order valence-corrected chi connectivity index (χ0v) is 26.6. The van der Waals surface area contributed by atoms with Crippen molar-refractivity contribution in [1.82, 2.24) is 0 Å². The number of likely N-dealkylation sites (N-methyl/N-ethyl adjacent to an activating group) is 1. The first-order valence-electron chi connectivity index (χ1n) is 15.4. The number of phosphoric acid groups is 1. The minimum Gasteiger partial charge on any atom is -0.391 e. The maximum atomic E-state index is 10.2. The third-order valence-electron chi connectivity index (χ3n) is 6.59. The minimum atomic E-state index is -4.26. The van der Waals surface area contributed by atoms with Crippen molar-refractivity contribution in [2.24, 2.45) is 0 Å². The summed E-state index contributed by atoms with van der Waals surface area (Å²) in [5.41, 5.74) is 0. The Kier molecular flexibility index (Phi) is 28.3. The van der Waals surface area contributed by atoms with Crippen molar-refractivity contribution in [2.75, 3.05) is 34.3 Å². The number of hydrogen-bond donors (Lipinski definition) is 4. The molecule has 38 heavy (non-hydrogen) atoms. The second-order valence-corrected chi connectivity index (χ2v) is 13.0. The van der Waals surface area contributed by atoms with Gasteiger partial charge in [0.25, 0.3) is 0 Å². The highest BCUT2D eigenvalue weighted by atomic mass is 31.2. The van der Waals surface area contributed by atoms with E-state index in [2.05, 4.69) is 23.6 Å². The molecule has 2 unspecified atom stereocenters. The van der Waals surface area contributed by atoms with Crippen molar-refractivity contribution in [3.05, 3.63) is 12.2 Å². The molecule has 0 aliphatic rings. The Labute approximate surface area is 235 Å². The van der Waals surface area contributed by atoms with E-state index in [4.69, 9.17) is 9.79 Å². The molecule has 0 bridgehead atoms. The van der Waals surface area contributed by atoms with Crippen molar-refractivity contribution in [2.45, 2.75) is 148 Å². The van der Waals surface area contributed by atoms with Gasteiger partial charge in [0.15, 0.2) is 0 Å². The molecule has 7 nitrogen and oxygen atoms in total. The van der Waals surface area contributed by atoms with Crippen LogP contribution in [-0.2, 0) is 9.09 Å². The smallest absolute Gasteiger partial charge is 0.391 e. The van der Waals surface area contributed by atoms with E-state index in [0.29, 0.717) is 11.0 Å². The van der Waals surface area contributed by atoms with Gasteiger partial charge in [-0.1, -0.05) is 109 Å². The van der Waals surface area contributed by atoms with Crippen LogP contribution in [-0.4, -0.2) is 71.0 Å². The van der Waals surface area contributed by atoms with Crippen LogP contribution in [0.5, 0.6) is 0 Å². The van der Waals surface area contributed by atoms with Crippen LogP contribution in [0.1, 0.15) is 136 Å². The van der Waals surface area contributed by atoms with Crippen LogP contribution in [0.3, 0.4) is 0 Å². The number of rotatable bonds is 25. The average Bonchev–Trinajstić information content (AvgIpc) is 2.81. The van der Waals surface area contributed by atoms with E-state index in [1.54, 1.807) is 6.92 Å². The lowest BCUT2D eigenvalue weighted by Gasteiger charge is -2.23. The number of unbranched alkanes of at least 4 members (excludes halogenated alkanes) is 16. The Bertz CT molecular complexity index is 559. The molecule has 0 spiro atoms. The summed E-state index contributed by atoms with van der Waals surface area (Å²) in [5.74, 6) is 0. The number of quaternary nitrogens is 1. The molecule has 0 rings (SSSR count). The van der Waals surface area contributed by atoms with Gasteiger partial charge in [0.1, 0.15) is 13.2 Å². The summed E-state index contributed by atoms with van der Waals surface area (Å²) in [6, 6.07) is 0. The van der Waals surface area contributed by atoms with Crippen LogP contribution in [0, 0.1) is 0 Å². The first kappa shape index (κ1) is 39.9. The summed E-state index contributed by atoms with van der Waals surface area (Å²) < 4.78 is 15.1. The van der Waals surface area contributed by atoms with Gasteiger partial charge in [0.05, 0.1) is 33.4 Å². The van der Waals surface area contributed by atoms with Gasteiger partial charge in [-0.2, -0.15) is 0 Å². The van der Waals surface area contributed by atoms with Gasteiger partial charge in [0.2, 0.25) is 0 Å². The summed E-state index contributed by atoms with van der Waals surface area (Å²) in [6.45, 7) is 4.59. The predicted octanol–water partition coefficient (Wildman–Crippen LogP) is 7.52. The second-order valence-electron chi connectivity index (χ2n) is 11.8. The van der Waals surface area contributed by atoms with Crippen molar-refractivity contribution in [3.8, 4) is 0 Å². The van der Waals surface area contributed by atoms with Gasteiger partial charge in [0, 0.05) is 0 Å². The van der Waals surface area contributed by atoms with Gasteiger partial charge in [-0.25, -0.2) is 4.57 Å². The Morgan fingerprint density at radius 1 is 0.711 bits per heavy atom. The van der Waals surface area contributed by atoms with E-state index in [1.807, 2.05) is 21.1 Å². The third kappa shape index (κ3) is 37.9. The molecule has 0 fully saturated rings. The van der Waals surface area contributed by atoms with Crippen molar-refractivity contribution in [1.29, 1.82) is 0 Å². The Hall–Kier alpha value is -0.270. The number of nitrogens with zero attached hydrogens (tertiary/aromatic N) is 1. The number of allylic oxidation sites excluding steroid dienone is 2. The fourth-order valence-electron chi connectivity index (χ4n) is 3.98. The molecule has 0 radical (unpaired) electrons. The van der Waals surface area contributed by atoms with Crippen LogP contribution in [0.15, 0.2) is 12.2 Å². The fourth-order valence-corrected chi connectivity index (χ4v) is 4.30. The topological polar surface area (TPSA) is 107 Å². The molecular weight excluding hydrogens is 501 g/mol. The van der Waals surface area contributed by atoms with Gasteiger partial charge < -0.3 is 24.5 Å². The number of aliphatic hydroxyl groups excluding tert-OH is 2. The maximum absolute atomic E-state index is 10.2. The highest BCUT2D eigenvalue weighted by Crippen LogP contribution is 2.35. The van der Waals surface area contributed by atoms with Gasteiger partial charge in [-0.3, -0.25) is 4.52 Å². The normalized spacial score (nSPS) is 13.9. The molecule has 0 aliphatic carbocycles. The molecule has 0 aromatic carbocycles.